The fourth-order valence-corrected chi connectivity index (χ4v) is 2.73. The summed E-state index contributed by atoms with van der Waals surface area (Å²) in [7, 11) is 0. The first-order valence-electron chi connectivity index (χ1n) is 7.68. The van der Waals surface area contributed by atoms with E-state index in [-0.39, 0.29) is 0 Å². The molecule has 0 aromatic heterocycles. The zero-order valence-corrected chi connectivity index (χ0v) is 12.2. The Morgan fingerprint density at radius 1 is 1.18 bits per heavy atom. The maximum absolute atomic E-state index is 3.56. The quantitative estimate of drug-likeness (QED) is 0.622. The third-order valence-electron chi connectivity index (χ3n) is 3.77. The first-order chi connectivity index (χ1) is 8.22. The summed E-state index contributed by atoms with van der Waals surface area (Å²) in [6.07, 6.45) is 8.44. The lowest BCUT2D eigenvalue weighted by Gasteiger charge is -2.16. The van der Waals surface area contributed by atoms with Crippen molar-refractivity contribution in [1.29, 1.82) is 0 Å². The minimum atomic E-state index is 0.765. The van der Waals surface area contributed by atoms with E-state index in [4.69, 9.17) is 0 Å². The molecular formula is C15H32N2. The van der Waals surface area contributed by atoms with Gasteiger partial charge in [-0.1, -0.05) is 46.5 Å². The van der Waals surface area contributed by atoms with Crippen LogP contribution in [-0.4, -0.2) is 37.1 Å². The fourth-order valence-electron chi connectivity index (χ4n) is 2.73. The molecule has 1 aliphatic rings. The third-order valence-corrected chi connectivity index (χ3v) is 3.77. The van der Waals surface area contributed by atoms with Crippen LogP contribution in [0.15, 0.2) is 0 Å². The Morgan fingerprint density at radius 2 is 1.94 bits per heavy atom. The summed E-state index contributed by atoms with van der Waals surface area (Å²) in [5, 5.41) is 3.56. The van der Waals surface area contributed by atoms with Gasteiger partial charge < -0.3 is 10.2 Å². The smallest absolute Gasteiger partial charge is 0.0207 e. The first kappa shape index (κ1) is 15.0. The van der Waals surface area contributed by atoms with Crippen LogP contribution in [0, 0.1) is 5.92 Å². The topological polar surface area (TPSA) is 15.3 Å². The molecule has 0 radical (unpaired) electrons. The Kier molecular flexibility index (Phi) is 7.87. The minimum absolute atomic E-state index is 0.765. The van der Waals surface area contributed by atoms with E-state index < -0.39 is 0 Å². The van der Waals surface area contributed by atoms with Gasteiger partial charge >= 0.3 is 0 Å². The molecule has 2 heteroatoms. The van der Waals surface area contributed by atoms with Crippen LogP contribution in [0.3, 0.4) is 0 Å². The van der Waals surface area contributed by atoms with E-state index in [9.17, 15) is 0 Å². The van der Waals surface area contributed by atoms with Crippen molar-refractivity contribution < 1.29 is 0 Å². The second-order valence-corrected chi connectivity index (χ2v) is 5.94. The number of hydrogen-bond donors (Lipinski definition) is 1. The molecule has 1 N–H and O–H groups in total. The van der Waals surface area contributed by atoms with E-state index in [2.05, 4.69) is 31.0 Å². The SMILES string of the molecule is CCNC1CCN(CCCCCCC(C)C)C1. The first-order valence-corrected chi connectivity index (χ1v) is 7.68. The molecule has 0 aromatic carbocycles. The van der Waals surface area contributed by atoms with Crippen LogP contribution < -0.4 is 5.32 Å². The van der Waals surface area contributed by atoms with E-state index in [1.165, 1.54) is 58.2 Å². The van der Waals surface area contributed by atoms with Crippen molar-refractivity contribution in [3.63, 3.8) is 0 Å². The van der Waals surface area contributed by atoms with Gasteiger partial charge in [0.1, 0.15) is 0 Å². The molecule has 0 saturated carbocycles. The highest BCUT2D eigenvalue weighted by Gasteiger charge is 2.20. The molecule has 2 nitrogen and oxygen atoms in total. The Labute approximate surface area is 108 Å². The molecule has 1 saturated heterocycles. The summed E-state index contributed by atoms with van der Waals surface area (Å²) in [5.74, 6) is 0.884. The fraction of sp³-hybridized carbons (Fsp3) is 1.00. The standard InChI is InChI=1S/C15H32N2/c1-4-16-15-10-12-17(13-15)11-8-6-5-7-9-14(2)3/h14-16H,4-13H2,1-3H3. The Morgan fingerprint density at radius 3 is 2.65 bits per heavy atom. The van der Waals surface area contributed by atoms with Gasteiger partial charge in [-0.2, -0.15) is 0 Å². The van der Waals surface area contributed by atoms with Gasteiger partial charge in [-0.25, -0.2) is 0 Å². The van der Waals surface area contributed by atoms with Gasteiger partial charge in [0, 0.05) is 12.6 Å². The molecule has 1 rings (SSSR count). The normalized spacial score (nSPS) is 21.5. The van der Waals surface area contributed by atoms with Gasteiger partial charge in [0.05, 0.1) is 0 Å². The molecule has 1 fully saturated rings. The van der Waals surface area contributed by atoms with Gasteiger partial charge in [0.15, 0.2) is 0 Å². The Balaban J connectivity index is 1.90. The monoisotopic (exact) mass is 240 g/mol. The highest BCUT2D eigenvalue weighted by atomic mass is 15.2. The highest BCUT2D eigenvalue weighted by molar-refractivity contribution is 4.80. The van der Waals surface area contributed by atoms with Crippen LogP contribution in [0.1, 0.15) is 59.3 Å². The molecule has 102 valence electrons. The lowest BCUT2D eigenvalue weighted by Crippen LogP contribution is -2.32. The summed E-state index contributed by atoms with van der Waals surface area (Å²) in [6.45, 7) is 11.9. The number of nitrogens with zero attached hydrogens (tertiary/aromatic N) is 1. The molecule has 0 aromatic rings. The third kappa shape index (κ3) is 7.05. The lowest BCUT2D eigenvalue weighted by atomic mass is 10.0. The zero-order chi connectivity index (χ0) is 12.5. The van der Waals surface area contributed by atoms with E-state index in [1.54, 1.807) is 0 Å². The molecule has 1 heterocycles. The minimum Gasteiger partial charge on any atom is -0.313 e. The van der Waals surface area contributed by atoms with E-state index in [0.29, 0.717) is 0 Å². The second-order valence-electron chi connectivity index (χ2n) is 5.94. The van der Waals surface area contributed by atoms with E-state index in [0.717, 1.165) is 18.5 Å². The molecular weight excluding hydrogens is 208 g/mol. The van der Waals surface area contributed by atoms with Gasteiger partial charge in [-0.15, -0.1) is 0 Å². The van der Waals surface area contributed by atoms with Gasteiger partial charge in [0.25, 0.3) is 0 Å². The number of likely N-dealkylation sites (tertiary alicyclic amines) is 1. The van der Waals surface area contributed by atoms with Crippen molar-refractivity contribution in [3.8, 4) is 0 Å². The molecule has 1 aliphatic heterocycles. The Hall–Kier alpha value is -0.0800. The van der Waals surface area contributed by atoms with E-state index >= 15 is 0 Å². The average Bonchev–Trinajstić information content (AvgIpc) is 2.71. The molecule has 1 unspecified atom stereocenters. The summed E-state index contributed by atoms with van der Waals surface area (Å²) in [5.41, 5.74) is 0. The van der Waals surface area contributed by atoms with Crippen molar-refractivity contribution in [2.24, 2.45) is 5.92 Å². The summed E-state index contributed by atoms with van der Waals surface area (Å²) < 4.78 is 0. The predicted molar refractivity (Wildman–Crippen MR) is 76.4 cm³/mol. The van der Waals surface area contributed by atoms with Gasteiger partial charge in [-0.3, -0.25) is 0 Å². The molecule has 17 heavy (non-hydrogen) atoms. The second kappa shape index (κ2) is 8.93. The highest BCUT2D eigenvalue weighted by Crippen LogP contribution is 2.12. The van der Waals surface area contributed by atoms with Crippen LogP contribution in [0.5, 0.6) is 0 Å². The van der Waals surface area contributed by atoms with Crippen molar-refractivity contribution in [2.75, 3.05) is 26.2 Å². The van der Waals surface area contributed by atoms with Crippen molar-refractivity contribution >= 4 is 0 Å². The van der Waals surface area contributed by atoms with Gasteiger partial charge in [0.2, 0.25) is 0 Å². The predicted octanol–water partition coefficient (Wildman–Crippen LogP) is 3.28. The number of unbranched alkanes of at least 4 members (excludes halogenated alkanes) is 3. The van der Waals surface area contributed by atoms with Crippen LogP contribution in [-0.2, 0) is 0 Å². The zero-order valence-electron chi connectivity index (χ0n) is 12.2. The summed E-state index contributed by atoms with van der Waals surface area (Å²) in [4.78, 5) is 2.63. The largest absolute Gasteiger partial charge is 0.313 e. The van der Waals surface area contributed by atoms with Crippen molar-refractivity contribution in [3.05, 3.63) is 0 Å². The summed E-state index contributed by atoms with van der Waals surface area (Å²) in [6, 6.07) is 0.765. The lowest BCUT2D eigenvalue weighted by molar-refractivity contribution is 0.317. The Bertz CT molecular complexity index is 180. The van der Waals surface area contributed by atoms with Crippen molar-refractivity contribution in [2.45, 2.75) is 65.3 Å². The number of hydrogen-bond acceptors (Lipinski definition) is 2. The molecule has 0 amide bonds. The van der Waals surface area contributed by atoms with Crippen LogP contribution in [0.25, 0.3) is 0 Å². The van der Waals surface area contributed by atoms with E-state index in [1.807, 2.05) is 0 Å². The molecule has 0 aliphatic carbocycles. The summed E-state index contributed by atoms with van der Waals surface area (Å²) >= 11 is 0. The van der Waals surface area contributed by atoms with Crippen molar-refractivity contribution in [1.82, 2.24) is 10.2 Å². The van der Waals surface area contributed by atoms with Gasteiger partial charge in [-0.05, 0) is 38.4 Å². The number of likely N-dealkylation sites (N-methyl/N-ethyl adjacent to an activating group) is 1. The molecule has 1 atom stereocenters. The number of nitrogens with one attached hydrogen (secondary N) is 1. The van der Waals surface area contributed by atoms with Crippen LogP contribution in [0.2, 0.25) is 0 Å². The molecule has 0 spiro atoms. The van der Waals surface area contributed by atoms with Crippen LogP contribution >= 0.6 is 0 Å². The van der Waals surface area contributed by atoms with Crippen LogP contribution in [0.4, 0.5) is 0 Å². The maximum atomic E-state index is 3.56. The average molecular weight is 240 g/mol. The number of rotatable bonds is 9. The molecule has 0 bridgehead atoms. The maximum Gasteiger partial charge on any atom is 0.0207 e.